The fraction of sp³-hybridized carbons (Fsp3) is 0.500. The molecule has 0 amide bonds. The Kier molecular flexibility index (Phi) is 5.03. The van der Waals surface area contributed by atoms with Crippen LogP contribution in [0.15, 0.2) is 18.2 Å². The zero-order valence-electron chi connectivity index (χ0n) is 10.3. The standard InChI is InChI=1S/C14H21NO/c1-3-4-5-6-7-14(16)13-9-8-12(15)10-11(13)2/h8-10H,3-7,15H2,1-2H3. The van der Waals surface area contributed by atoms with E-state index < -0.39 is 0 Å². The minimum atomic E-state index is 0.244. The number of aryl methyl sites for hydroxylation is 1. The van der Waals surface area contributed by atoms with Crippen LogP contribution in [0.2, 0.25) is 0 Å². The Hall–Kier alpha value is -1.31. The van der Waals surface area contributed by atoms with E-state index in [1.54, 1.807) is 6.07 Å². The third-order valence-electron chi connectivity index (χ3n) is 2.81. The van der Waals surface area contributed by atoms with Crippen molar-refractivity contribution >= 4 is 11.5 Å². The molecule has 2 N–H and O–H groups in total. The van der Waals surface area contributed by atoms with Crippen molar-refractivity contribution in [1.82, 2.24) is 0 Å². The highest BCUT2D eigenvalue weighted by Crippen LogP contribution is 2.16. The molecule has 0 heterocycles. The average molecular weight is 219 g/mol. The Balaban J connectivity index is 2.53. The van der Waals surface area contributed by atoms with Gasteiger partial charge in [-0.05, 0) is 37.1 Å². The molecule has 2 heteroatoms. The van der Waals surface area contributed by atoms with E-state index in [1.807, 2.05) is 19.1 Å². The zero-order chi connectivity index (χ0) is 12.0. The first kappa shape index (κ1) is 12.8. The molecule has 0 fully saturated rings. The van der Waals surface area contributed by atoms with Crippen LogP contribution in [0.5, 0.6) is 0 Å². The second kappa shape index (κ2) is 6.31. The van der Waals surface area contributed by atoms with Crippen LogP contribution in [0, 0.1) is 6.92 Å². The summed E-state index contributed by atoms with van der Waals surface area (Å²) in [5.41, 5.74) is 8.19. The normalized spacial score (nSPS) is 10.4. The maximum atomic E-state index is 11.9. The molecule has 0 aliphatic rings. The second-order valence-electron chi connectivity index (χ2n) is 4.31. The quantitative estimate of drug-likeness (QED) is 0.450. The van der Waals surface area contributed by atoms with E-state index in [0.717, 1.165) is 29.7 Å². The number of anilines is 1. The maximum Gasteiger partial charge on any atom is 0.163 e. The average Bonchev–Trinajstić information content (AvgIpc) is 2.24. The van der Waals surface area contributed by atoms with Crippen LogP contribution in [-0.2, 0) is 0 Å². The Bertz CT molecular complexity index is 358. The Morgan fingerprint density at radius 3 is 2.62 bits per heavy atom. The third-order valence-corrected chi connectivity index (χ3v) is 2.81. The number of hydrogen-bond acceptors (Lipinski definition) is 2. The molecule has 0 atom stereocenters. The lowest BCUT2D eigenvalue weighted by Gasteiger charge is -2.05. The molecule has 0 saturated heterocycles. The van der Waals surface area contributed by atoms with Gasteiger partial charge in [-0.15, -0.1) is 0 Å². The highest BCUT2D eigenvalue weighted by molar-refractivity contribution is 5.97. The molecule has 0 aliphatic carbocycles. The molecule has 0 bridgehead atoms. The summed E-state index contributed by atoms with van der Waals surface area (Å²) in [5, 5.41) is 0. The molecule has 1 aromatic carbocycles. The van der Waals surface area contributed by atoms with Crippen LogP contribution in [-0.4, -0.2) is 5.78 Å². The molecule has 0 aliphatic heterocycles. The maximum absolute atomic E-state index is 11.9. The summed E-state index contributed by atoms with van der Waals surface area (Å²) in [6.07, 6.45) is 5.22. The van der Waals surface area contributed by atoms with Gasteiger partial charge in [0.05, 0.1) is 0 Å². The Morgan fingerprint density at radius 1 is 1.25 bits per heavy atom. The highest BCUT2D eigenvalue weighted by Gasteiger charge is 2.08. The zero-order valence-corrected chi connectivity index (χ0v) is 10.3. The van der Waals surface area contributed by atoms with Crippen LogP contribution >= 0.6 is 0 Å². The fourth-order valence-electron chi connectivity index (χ4n) is 1.85. The lowest BCUT2D eigenvalue weighted by atomic mass is 10.00. The summed E-state index contributed by atoms with van der Waals surface area (Å²) in [4.78, 5) is 11.9. The van der Waals surface area contributed by atoms with Crippen LogP contribution < -0.4 is 5.73 Å². The molecule has 0 radical (unpaired) electrons. The van der Waals surface area contributed by atoms with E-state index >= 15 is 0 Å². The van der Waals surface area contributed by atoms with Gasteiger partial charge in [-0.1, -0.05) is 26.2 Å². The number of carbonyl (C=O) groups excluding carboxylic acids is 1. The number of hydrogen-bond donors (Lipinski definition) is 1. The molecule has 2 nitrogen and oxygen atoms in total. The van der Waals surface area contributed by atoms with Crippen molar-refractivity contribution in [3.05, 3.63) is 29.3 Å². The predicted molar refractivity (Wildman–Crippen MR) is 68.7 cm³/mol. The van der Waals surface area contributed by atoms with Gasteiger partial charge in [0.1, 0.15) is 0 Å². The third kappa shape index (κ3) is 3.69. The van der Waals surface area contributed by atoms with Gasteiger partial charge in [0.2, 0.25) is 0 Å². The van der Waals surface area contributed by atoms with Crippen molar-refractivity contribution in [1.29, 1.82) is 0 Å². The first-order valence-corrected chi connectivity index (χ1v) is 6.04. The number of Topliss-reactive ketones (excluding diaryl/α,β-unsaturated/α-hetero) is 1. The van der Waals surface area contributed by atoms with Crippen molar-refractivity contribution < 1.29 is 4.79 Å². The summed E-state index contributed by atoms with van der Waals surface area (Å²) >= 11 is 0. The summed E-state index contributed by atoms with van der Waals surface area (Å²) in [5.74, 6) is 0.244. The van der Waals surface area contributed by atoms with Gasteiger partial charge in [-0.25, -0.2) is 0 Å². The molecule has 16 heavy (non-hydrogen) atoms. The first-order valence-electron chi connectivity index (χ1n) is 6.04. The van der Waals surface area contributed by atoms with Crippen LogP contribution in [0.1, 0.15) is 54.9 Å². The van der Waals surface area contributed by atoms with Gasteiger partial charge < -0.3 is 5.73 Å². The molecule has 1 rings (SSSR count). The molecule has 0 unspecified atom stereocenters. The summed E-state index contributed by atoms with van der Waals surface area (Å²) in [6.45, 7) is 4.11. The number of rotatable bonds is 6. The lowest BCUT2D eigenvalue weighted by Crippen LogP contribution is -2.02. The van der Waals surface area contributed by atoms with Crippen LogP contribution in [0.4, 0.5) is 5.69 Å². The SMILES string of the molecule is CCCCCCC(=O)c1ccc(N)cc1C. The fourth-order valence-corrected chi connectivity index (χ4v) is 1.85. The number of benzene rings is 1. The van der Waals surface area contributed by atoms with E-state index in [-0.39, 0.29) is 5.78 Å². The van der Waals surface area contributed by atoms with Crippen molar-refractivity contribution in [2.45, 2.75) is 46.0 Å². The van der Waals surface area contributed by atoms with Gasteiger partial charge in [0.15, 0.2) is 5.78 Å². The Labute approximate surface area is 97.9 Å². The lowest BCUT2D eigenvalue weighted by molar-refractivity contribution is 0.0978. The summed E-state index contributed by atoms with van der Waals surface area (Å²) in [7, 11) is 0. The van der Waals surface area contributed by atoms with E-state index in [4.69, 9.17) is 5.73 Å². The molecular formula is C14H21NO. The van der Waals surface area contributed by atoms with E-state index in [2.05, 4.69) is 6.92 Å². The molecule has 0 aromatic heterocycles. The molecule has 88 valence electrons. The minimum Gasteiger partial charge on any atom is -0.399 e. The highest BCUT2D eigenvalue weighted by atomic mass is 16.1. The number of carbonyl (C=O) groups is 1. The van der Waals surface area contributed by atoms with Gasteiger partial charge in [-0.3, -0.25) is 4.79 Å². The minimum absolute atomic E-state index is 0.244. The number of unbranched alkanes of at least 4 members (excludes halogenated alkanes) is 3. The van der Waals surface area contributed by atoms with Crippen molar-refractivity contribution in [2.75, 3.05) is 5.73 Å². The monoisotopic (exact) mass is 219 g/mol. The van der Waals surface area contributed by atoms with E-state index in [9.17, 15) is 4.79 Å². The number of ketones is 1. The largest absolute Gasteiger partial charge is 0.399 e. The smallest absolute Gasteiger partial charge is 0.163 e. The second-order valence-corrected chi connectivity index (χ2v) is 4.31. The molecule has 0 spiro atoms. The van der Waals surface area contributed by atoms with Crippen LogP contribution in [0.3, 0.4) is 0 Å². The summed E-state index contributed by atoms with van der Waals surface area (Å²) < 4.78 is 0. The number of nitrogen functional groups attached to an aromatic ring is 1. The predicted octanol–water partition coefficient (Wildman–Crippen LogP) is 3.73. The Morgan fingerprint density at radius 2 is 2.00 bits per heavy atom. The van der Waals surface area contributed by atoms with Crippen LogP contribution in [0.25, 0.3) is 0 Å². The van der Waals surface area contributed by atoms with Gasteiger partial charge in [0, 0.05) is 17.7 Å². The number of nitrogens with two attached hydrogens (primary N) is 1. The summed E-state index contributed by atoms with van der Waals surface area (Å²) in [6, 6.07) is 5.50. The van der Waals surface area contributed by atoms with Gasteiger partial charge >= 0.3 is 0 Å². The first-order chi connectivity index (χ1) is 7.65. The topological polar surface area (TPSA) is 43.1 Å². The van der Waals surface area contributed by atoms with Crippen molar-refractivity contribution in [3.63, 3.8) is 0 Å². The molecule has 0 saturated carbocycles. The van der Waals surface area contributed by atoms with E-state index in [1.165, 1.54) is 12.8 Å². The molecular weight excluding hydrogens is 198 g/mol. The van der Waals surface area contributed by atoms with Crippen molar-refractivity contribution in [2.24, 2.45) is 0 Å². The molecule has 1 aromatic rings. The van der Waals surface area contributed by atoms with E-state index in [0.29, 0.717) is 6.42 Å². The van der Waals surface area contributed by atoms with Crippen molar-refractivity contribution in [3.8, 4) is 0 Å². The van der Waals surface area contributed by atoms with Gasteiger partial charge in [0.25, 0.3) is 0 Å². The van der Waals surface area contributed by atoms with Gasteiger partial charge in [-0.2, -0.15) is 0 Å².